The van der Waals surface area contributed by atoms with Gasteiger partial charge in [-0.15, -0.1) is 34.8 Å². The molecular weight excluding hydrogens is 527 g/mol. The summed E-state index contributed by atoms with van der Waals surface area (Å²) in [6.45, 7) is 1.81. The first-order valence-corrected chi connectivity index (χ1v) is 13.6. The molecule has 4 atom stereocenters. The van der Waals surface area contributed by atoms with Crippen molar-refractivity contribution in [3.8, 4) is 0 Å². The number of hydrogen-bond acceptors (Lipinski definition) is 5. The quantitative estimate of drug-likeness (QED) is 0.176. The van der Waals surface area contributed by atoms with Crippen LogP contribution in [-0.2, 0) is 14.3 Å². The number of ketones is 2. The Morgan fingerprint density at radius 2 is 1.61 bits per heavy atom. The fourth-order valence-electron chi connectivity index (χ4n) is 5.42. The molecule has 3 saturated carbocycles. The number of fused-ring (bicyclic) bond motifs is 1. The van der Waals surface area contributed by atoms with E-state index < -0.39 is 28.3 Å². The number of carbonyl (C=O) groups is 3. The molecular formula is C26H29Cl3N2O5. The first kappa shape index (κ1) is 27.0. The molecule has 1 N–H and O–H groups in total. The lowest BCUT2D eigenvalue weighted by Crippen LogP contribution is -2.41. The molecule has 0 spiro atoms. The van der Waals surface area contributed by atoms with Crippen molar-refractivity contribution in [1.29, 1.82) is 0 Å². The van der Waals surface area contributed by atoms with Crippen molar-refractivity contribution in [1.82, 2.24) is 9.78 Å². The first-order chi connectivity index (χ1) is 17.2. The van der Waals surface area contributed by atoms with Gasteiger partial charge in [0.15, 0.2) is 17.3 Å². The molecule has 3 aliphatic carbocycles. The van der Waals surface area contributed by atoms with Crippen LogP contribution in [0.1, 0.15) is 67.5 Å². The van der Waals surface area contributed by atoms with Crippen LogP contribution in [0.4, 0.5) is 0 Å². The predicted molar refractivity (Wildman–Crippen MR) is 140 cm³/mol. The van der Waals surface area contributed by atoms with Gasteiger partial charge < -0.3 is 4.74 Å². The van der Waals surface area contributed by atoms with Crippen molar-refractivity contribution in [2.75, 3.05) is 6.61 Å². The molecule has 0 aromatic carbocycles. The summed E-state index contributed by atoms with van der Waals surface area (Å²) in [5, 5.41) is 1.66. The number of halogens is 3. The number of aromatic amines is 1. The molecule has 4 rings (SSSR count). The van der Waals surface area contributed by atoms with Gasteiger partial charge in [-0.2, -0.15) is 0 Å². The molecule has 0 aliphatic heterocycles. The molecule has 194 valence electrons. The van der Waals surface area contributed by atoms with E-state index in [1.165, 1.54) is 16.8 Å². The maximum absolute atomic E-state index is 13.3. The second-order valence-corrected chi connectivity index (χ2v) is 11.2. The van der Waals surface area contributed by atoms with Gasteiger partial charge in [0.1, 0.15) is 0 Å². The number of ether oxygens (including phenoxy) is 1. The number of Topliss-reactive ketones (excluding diaryl/α,β-unsaturated/α-hetero) is 2. The van der Waals surface area contributed by atoms with Crippen LogP contribution in [0.25, 0.3) is 6.08 Å². The number of rotatable bonds is 6. The van der Waals surface area contributed by atoms with E-state index in [2.05, 4.69) is 5.10 Å². The number of allylic oxidation sites excluding steroid dienone is 5. The number of nitrogens with one attached hydrogen (secondary N) is 1. The fourth-order valence-corrected chi connectivity index (χ4v) is 7.06. The molecule has 1 aromatic rings. The van der Waals surface area contributed by atoms with Gasteiger partial charge in [0.2, 0.25) is 0 Å². The Morgan fingerprint density at radius 1 is 1.00 bits per heavy atom. The SMILES string of the molecule is CCOC(=O)c1[nH]n(C2C(Cl)CC(Cl)CC2Cl)c(=O)c1/C=C/C=C/C=C1C(=O)C2CCCCC2C1=O. The number of carbonyl (C=O) groups excluding carboxylic acids is 3. The summed E-state index contributed by atoms with van der Waals surface area (Å²) in [4.78, 5) is 51.1. The Balaban J connectivity index is 1.58. The zero-order valence-electron chi connectivity index (χ0n) is 19.9. The van der Waals surface area contributed by atoms with Crippen LogP contribution in [0, 0.1) is 11.8 Å². The van der Waals surface area contributed by atoms with Crippen LogP contribution >= 0.6 is 34.8 Å². The van der Waals surface area contributed by atoms with E-state index in [1.807, 2.05) is 0 Å². The van der Waals surface area contributed by atoms with Crippen LogP contribution in [0.15, 0.2) is 34.7 Å². The van der Waals surface area contributed by atoms with Crippen molar-refractivity contribution in [3.63, 3.8) is 0 Å². The van der Waals surface area contributed by atoms with Gasteiger partial charge >= 0.3 is 5.97 Å². The molecule has 1 heterocycles. The topological polar surface area (TPSA) is 98.2 Å². The summed E-state index contributed by atoms with van der Waals surface area (Å²) in [5.41, 5.74) is -0.120. The Bertz CT molecular complexity index is 1140. The van der Waals surface area contributed by atoms with Crippen LogP contribution in [-0.4, -0.2) is 50.1 Å². The first-order valence-electron chi connectivity index (χ1n) is 12.3. The highest BCUT2D eigenvalue weighted by atomic mass is 35.5. The average molecular weight is 556 g/mol. The monoisotopic (exact) mass is 554 g/mol. The average Bonchev–Trinajstić information content (AvgIpc) is 3.28. The lowest BCUT2D eigenvalue weighted by Gasteiger charge is -2.34. The molecule has 0 saturated heterocycles. The van der Waals surface area contributed by atoms with E-state index >= 15 is 0 Å². The summed E-state index contributed by atoms with van der Waals surface area (Å²) >= 11 is 19.2. The van der Waals surface area contributed by atoms with Gasteiger partial charge in [0, 0.05) is 17.2 Å². The van der Waals surface area contributed by atoms with Crippen LogP contribution in [0.5, 0.6) is 0 Å². The lowest BCUT2D eigenvalue weighted by atomic mass is 9.81. The standard InChI is InChI=1S/C26H29Cl3N2O5/c1-2-36-26(35)21-17(25(34)31(30-21)22-19(28)12-14(27)13-20(22)29)10-4-3-5-11-18-23(32)15-8-6-7-9-16(15)24(18)33/h3-5,10-11,14-16,19-20,22,30H,2,6-9,12-13H2,1H3/b5-3+,10-4+,18-11?. The highest BCUT2D eigenvalue weighted by molar-refractivity contribution is 6.28. The number of hydrogen-bond donors (Lipinski definition) is 1. The van der Waals surface area contributed by atoms with Crippen LogP contribution in [0.3, 0.4) is 0 Å². The van der Waals surface area contributed by atoms with Gasteiger partial charge in [0.05, 0.1) is 34.5 Å². The van der Waals surface area contributed by atoms with E-state index in [0.29, 0.717) is 12.8 Å². The number of nitrogens with zero attached hydrogens (tertiary/aromatic N) is 1. The maximum Gasteiger partial charge on any atom is 0.357 e. The third kappa shape index (κ3) is 5.29. The predicted octanol–water partition coefficient (Wildman–Crippen LogP) is 4.96. The third-order valence-electron chi connectivity index (χ3n) is 7.15. The Morgan fingerprint density at radius 3 is 2.19 bits per heavy atom. The van der Waals surface area contributed by atoms with Crippen LogP contribution in [0.2, 0.25) is 0 Å². The Hall–Kier alpha value is -2.09. The highest BCUT2D eigenvalue weighted by Crippen LogP contribution is 2.40. The van der Waals surface area contributed by atoms with E-state index in [1.54, 1.807) is 25.2 Å². The van der Waals surface area contributed by atoms with Crippen LogP contribution < -0.4 is 5.56 Å². The molecule has 4 unspecified atom stereocenters. The van der Waals surface area contributed by atoms with Crippen molar-refractivity contribution in [2.24, 2.45) is 11.8 Å². The molecule has 0 bridgehead atoms. The molecule has 3 fully saturated rings. The summed E-state index contributed by atoms with van der Waals surface area (Å²) in [7, 11) is 0. The number of aromatic nitrogens is 2. The van der Waals surface area contributed by atoms with Crippen molar-refractivity contribution < 1.29 is 19.1 Å². The second-order valence-electron chi connectivity index (χ2n) is 9.44. The minimum atomic E-state index is -0.674. The zero-order valence-corrected chi connectivity index (χ0v) is 22.2. The molecule has 1 aromatic heterocycles. The second kappa shape index (κ2) is 11.5. The maximum atomic E-state index is 13.3. The summed E-state index contributed by atoms with van der Waals surface area (Å²) in [6.07, 6.45) is 12.2. The molecule has 10 heteroatoms. The number of H-pyrrole nitrogens is 1. The normalized spacial score (nSPS) is 30.8. The number of esters is 1. The van der Waals surface area contributed by atoms with Gasteiger partial charge in [-0.05, 0) is 44.8 Å². The van der Waals surface area contributed by atoms with E-state index in [0.717, 1.165) is 25.7 Å². The van der Waals surface area contributed by atoms with Gasteiger partial charge in [0.25, 0.3) is 5.56 Å². The van der Waals surface area contributed by atoms with Gasteiger partial charge in [-0.1, -0.05) is 31.1 Å². The van der Waals surface area contributed by atoms with Gasteiger partial charge in [-0.3, -0.25) is 19.5 Å². The van der Waals surface area contributed by atoms with E-state index in [4.69, 9.17) is 39.5 Å². The van der Waals surface area contributed by atoms with E-state index in [9.17, 15) is 19.2 Å². The third-order valence-corrected chi connectivity index (χ3v) is 8.38. The van der Waals surface area contributed by atoms with E-state index in [-0.39, 0.29) is 52.2 Å². The minimum Gasteiger partial charge on any atom is -0.461 e. The summed E-state index contributed by atoms with van der Waals surface area (Å²) in [5.74, 6) is -1.19. The van der Waals surface area contributed by atoms with Crippen molar-refractivity contribution >= 4 is 58.4 Å². The summed E-state index contributed by atoms with van der Waals surface area (Å²) < 4.78 is 6.40. The largest absolute Gasteiger partial charge is 0.461 e. The molecule has 0 radical (unpaired) electrons. The summed E-state index contributed by atoms with van der Waals surface area (Å²) in [6, 6.07) is -0.575. The Kier molecular flexibility index (Phi) is 8.63. The smallest absolute Gasteiger partial charge is 0.357 e. The molecule has 36 heavy (non-hydrogen) atoms. The highest BCUT2D eigenvalue weighted by Gasteiger charge is 2.45. The van der Waals surface area contributed by atoms with Crippen molar-refractivity contribution in [3.05, 3.63) is 51.5 Å². The molecule has 0 amide bonds. The number of alkyl halides is 3. The molecule has 7 nitrogen and oxygen atoms in total. The minimum absolute atomic E-state index is 0.00388. The molecule has 3 aliphatic rings. The van der Waals surface area contributed by atoms with Gasteiger partial charge in [-0.25, -0.2) is 9.48 Å². The zero-order chi connectivity index (χ0) is 26.0. The fraction of sp³-hybridized carbons (Fsp3) is 0.538. The lowest BCUT2D eigenvalue weighted by molar-refractivity contribution is -0.120. The van der Waals surface area contributed by atoms with Crippen molar-refractivity contribution in [2.45, 2.75) is 67.6 Å². The Labute approximate surface area is 224 Å².